The monoisotopic (exact) mass is 182 g/mol. The number of carbonyl (C=O) groups is 1. The van der Waals surface area contributed by atoms with Crippen molar-refractivity contribution in [1.29, 1.82) is 0 Å². The van der Waals surface area contributed by atoms with Gasteiger partial charge < -0.3 is 10.2 Å². The summed E-state index contributed by atoms with van der Waals surface area (Å²) in [5.74, 6) is 0. The molecule has 5 nitrogen and oxygen atoms in total. The minimum atomic E-state index is -0.143. The van der Waals surface area contributed by atoms with E-state index in [1.165, 1.54) is 4.90 Å². The summed E-state index contributed by atoms with van der Waals surface area (Å²) in [6, 6.07) is -0.143. The van der Waals surface area contributed by atoms with Crippen LogP contribution in [0.1, 0.15) is 6.92 Å². The van der Waals surface area contributed by atoms with E-state index >= 15 is 0 Å². The van der Waals surface area contributed by atoms with Crippen molar-refractivity contribution in [1.82, 2.24) is 14.7 Å². The van der Waals surface area contributed by atoms with E-state index < -0.39 is 0 Å². The number of aromatic nitrogens is 2. The van der Waals surface area contributed by atoms with Crippen LogP contribution in [0.15, 0.2) is 12.4 Å². The first kappa shape index (κ1) is 9.57. The maximum absolute atomic E-state index is 11.2. The molecule has 0 atom stereocenters. The summed E-state index contributed by atoms with van der Waals surface area (Å²) in [6.45, 7) is 2.79. The minimum absolute atomic E-state index is 0.143. The van der Waals surface area contributed by atoms with Gasteiger partial charge in [-0.15, -0.1) is 0 Å². The van der Waals surface area contributed by atoms with Gasteiger partial charge in [0.15, 0.2) is 0 Å². The van der Waals surface area contributed by atoms with Crippen LogP contribution < -0.4 is 5.32 Å². The molecule has 0 bridgehead atoms. The van der Waals surface area contributed by atoms with E-state index in [9.17, 15) is 4.79 Å². The Hall–Kier alpha value is -1.52. The normalized spacial score (nSPS) is 9.77. The fourth-order valence-corrected chi connectivity index (χ4v) is 0.836. The topological polar surface area (TPSA) is 50.2 Å². The summed E-state index contributed by atoms with van der Waals surface area (Å²) in [7, 11) is 3.39. The second-order valence-corrected chi connectivity index (χ2v) is 2.91. The molecule has 0 aliphatic carbocycles. The molecule has 0 saturated heterocycles. The molecule has 0 unspecified atom stereocenters. The molecule has 0 radical (unpaired) electrons. The van der Waals surface area contributed by atoms with Gasteiger partial charge in [0.25, 0.3) is 0 Å². The third-order valence-electron chi connectivity index (χ3n) is 1.61. The number of amides is 2. The molecule has 1 aromatic heterocycles. The summed E-state index contributed by atoms with van der Waals surface area (Å²) in [4.78, 5) is 12.7. The van der Waals surface area contributed by atoms with Crippen molar-refractivity contribution in [2.45, 2.75) is 13.5 Å². The Morgan fingerprint density at radius 1 is 1.69 bits per heavy atom. The molecular formula is C8H14N4O. The molecule has 0 aliphatic rings. The quantitative estimate of drug-likeness (QED) is 0.741. The Bertz CT molecular complexity index is 292. The summed E-state index contributed by atoms with van der Waals surface area (Å²) < 4.78 is 1.76. The van der Waals surface area contributed by atoms with Gasteiger partial charge in [-0.2, -0.15) is 5.10 Å². The van der Waals surface area contributed by atoms with Crippen LogP contribution in [-0.4, -0.2) is 34.8 Å². The van der Waals surface area contributed by atoms with Gasteiger partial charge in [0.1, 0.15) is 0 Å². The third kappa shape index (κ3) is 2.47. The van der Waals surface area contributed by atoms with E-state index in [0.29, 0.717) is 0 Å². The van der Waals surface area contributed by atoms with Crippen molar-refractivity contribution in [3.8, 4) is 0 Å². The van der Waals surface area contributed by atoms with Gasteiger partial charge in [-0.25, -0.2) is 4.79 Å². The molecule has 0 saturated carbocycles. The van der Waals surface area contributed by atoms with Gasteiger partial charge in [0, 0.05) is 26.8 Å². The predicted octanol–water partition coefficient (Wildman–Crippen LogP) is 0.996. The zero-order chi connectivity index (χ0) is 9.84. The highest BCUT2D eigenvalue weighted by Crippen LogP contribution is 2.04. The van der Waals surface area contributed by atoms with Crippen LogP contribution in [0.4, 0.5) is 10.5 Å². The third-order valence-corrected chi connectivity index (χ3v) is 1.61. The van der Waals surface area contributed by atoms with Crippen molar-refractivity contribution < 1.29 is 4.79 Å². The van der Waals surface area contributed by atoms with Gasteiger partial charge >= 0.3 is 6.03 Å². The van der Waals surface area contributed by atoms with E-state index in [0.717, 1.165) is 12.2 Å². The Labute approximate surface area is 77.3 Å². The standard InChI is InChI=1S/C8H14N4O/c1-4-12-6-7(5-9-12)10-8(13)11(2)3/h5-6H,4H2,1-3H3,(H,10,13). The molecule has 1 aromatic rings. The number of anilines is 1. The molecule has 72 valence electrons. The minimum Gasteiger partial charge on any atom is -0.331 e. The Morgan fingerprint density at radius 3 is 2.85 bits per heavy atom. The van der Waals surface area contributed by atoms with Crippen molar-refractivity contribution in [3.63, 3.8) is 0 Å². The smallest absolute Gasteiger partial charge is 0.321 e. The number of nitrogens with one attached hydrogen (secondary N) is 1. The fraction of sp³-hybridized carbons (Fsp3) is 0.500. The number of rotatable bonds is 2. The van der Waals surface area contributed by atoms with E-state index in [1.807, 2.05) is 6.92 Å². The van der Waals surface area contributed by atoms with Crippen LogP contribution in [0.3, 0.4) is 0 Å². The summed E-state index contributed by atoms with van der Waals surface area (Å²) in [6.07, 6.45) is 3.42. The van der Waals surface area contributed by atoms with Gasteiger partial charge in [0.05, 0.1) is 11.9 Å². The Morgan fingerprint density at radius 2 is 2.38 bits per heavy atom. The van der Waals surface area contributed by atoms with Crippen LogP contribution in [0.2, 0.25) is 0 Å². The molecular weight excluding hydrogens is 168 g/mol. The van der Waals surface area contributed by atoms with Crippen molar-refractivity contribution in [3.05, 3.63) is 12.4 Å². The number of carbonyl (C=O) groups excluding carboxylic acids is 1. The highest BCUT2D eigenvalue weighted by molar-refractivity contribution is 5.88. The van der Waals surface area contributed by atoms with Crippen molar-refractivity contribution in [2.75, 3.05) is 19.4 Å². The zero-order valence-electron chi connectivity index (χ0n) is 8.11. The average molecular weight is 182 g/mol. The van der Waals surface area contributed by atoms with E-state index in [2.05, 4.69) is 10.4 Å². The lowest BCUT2D eigenvalue weighted by Gasteiger charge is -2.09. The van der Waals surface area contributed by atoms with Crippen LogP contribution in [0, 0.1) is 0 Å². The van der Waals surface area contributed by atoms with Gasteiger partial charge in [-0.3, -0.25) is 4.68 Å². The maximum atomic E-state index is 11.2. The predicted molar refractivity (Wildman–Crippen MR) is 50.6 cm³/mol. The largest absolute Gasteiger partial charge is 0.331 e. The molecule has 0 aromatic carbocycles. The van der Waals surface area contributed by atoms with Crippen LogP contribution in [0.25, 0.3) is 0 Å². The molecule has 2 amide bonds. The van der Waals surface area contributed by atoms with E-state index in [1.54, 1.807) is 31.2 Å². The van der Waals surface area contributed by atoms with Gasteiger partial charge in [0.2, 0.25) is 0 Å². The zero-order valence-corrected chi connectivity index (χ0v) is 8.11. The summed E-state index contributed by atoms with van der Waals surface area (Å²) >= 11 is 0. The molecule has 0 fully saturated rings. The second-order valence-electron chi connectivity index (χ2n) is 2.91. The number of hydrogen-bond acceptors (Lipinski definition) is 2. The van der Waals surface area contributed by atoms with Crippen LogP contribution >= 0.6 is 0 Å². The molecule has 0 spiro atoms. The van der Waals surface area contributed by atoms with Gasteiger partial charge in [-0.1, -0.05) is 0 Å². The van der Waals surface area contributed by atoms with Crippen molar-refractivity contribution in [2.24, 2.45) is 0 Å². The van der Waals surface area contributed by atoms with Crippen molar-refractivity contribution >= 4 is 11.7 Å². The second kappa shape index (κ2) is 3.93. The summed E-state index contributed by atoms with van der Waals surface area (Å²) in [5, 5.41) is 6.73. The highest BCUT2D eigenvalue weighted by atomic mass is 16.2. The SMILES string of the molecule is CCn1cc(NC(=O)N(C)C)cn1. The number of nitrogens with zero attached hydrogens (tertiary/aromatic N) is 3. The van der Waals surface area contributed by atoms with E-state index in [4.69, 9.17) is 0 Å². The molecule has 0 aliphatic heterocycles. The first-order chi connectivity index (χ1) is 6.13. The first-order valence-electron chi connectivity index (χ1n) is 4.14. The fourth-order valence-electron chi connectivity index (χ4n) is 0.836. The molecule has 1 heterocycles. The lowest BCUT2D eigenvalue weighted by atomic mass is 10.5. The Balaban J connectivity index is 2.59. The average Bonchev–Trinajstić information content (AvgIpc) is 2.52. The first-order valence-corrected chi connectivity index (χ1v) is 4.14. The number of aryl methyl sites for hydroxylation is 1. The lowest BCUT2D eigenvalue weighted by molar-refractivity contribution is 0.230. The number of hydrogen-bond donors (Lipinski definition) is 1. The highest BCUT2D eigenvalue weighted by Gasteiger charge is 2.04. The van der Waals surface area contributed by atoms with Crippen LogP contribution in [0.5, 0.6) is 0 Å². The molecule has 13 heavy (non-hydrogen) atoms. The number of urea groups is 1. The molecule has 1 rings (SSSR count). The lowest BCUT2D eigenvalue weighted by Crippen LogP contribution is -2.27. The van der Waals surface area contributed by atoms with E-state index in [-0.39, 0.29) is 6.03 Å². The summed E-state index contributed by atoms with van der Waals surface area (Å²) in [5.41, 5.74) is 0.723. The Kier molecular flexibility index (Phi) is 2.89. The van der Waals surface area contributed by atoms with Crippen LogP contribution in [-0.2, 0) is 6.54 Å². The molecule has 1 N–H and O–H groups in total. The van der Waals surface area contributed by atoms with Gasteiger partial charge in [-0.05, 0) is 6.92 Å². The maximum Gasteiger partial charge on any atom is 0.321 e. The molecule has 5 heteroatoms.